The average Bonchev–Trinajstić information content (AvgIpc) is 1.99. The standard InChI is InChI=1S/C8H9F2NO/c1-4(11)5-2-6(9)8(10)7(12)3-5/h2-4,12H,11H2,1H3. The van der Waals surface area contributed by atoms with E-state index in [1.165, 1.54) is 0 Å². The van der Waals surface area contributed by atoms with Gasteiger partial charge in [0.1, 0.15) is 0 Å². The van der Waals surface area contributed by atoms with Gasteiger partial charge in [0.05, 0.1) is 0 Å². The van der Waals surface area contributed by atoms with Gasteiger partial charge in [0.15, 0.2) is 17.4 Å². The van der Waals surface area contributed by atoms with Gasteiger partial charge in [-0.1, -0.05) is 0 Å². The van der Waals surface area contributed by atoms with Gasteiger partial charge in [-0.2, -0.15) is 4.39 Å². The van der Waals surface area contributed by atoms with E-state index >= 15 is 0 Å². The van der Waals surface area contributed by atoms with Crippen molar-refractivity contribution >= 4 is 0 Å². The largest absolute Gasteiger partial charge is 0.505 e. The molecule has 66 valence electrons. The Hall–Kier alpha value is -1.16. The molecule has 1 unspecified atom stereocenters. The highest BCUT2D eigenvalue weighted by Crippen LogP contribution is 2.23. The molecule has 0 aromatic heterocycles. The number of hydrogen-bond acceptors (Lipinski definition) is 2. The van der Waals surface area contributed by atoms with E-state index in [4.69, 9.17) is 10.8 Å². The first-order valence-electron chi connectivity index (χ1n) is 3.46. The summed E-state index contributed by atoms with van der Waals surface area (Å²) in [6.07, 6.45) is 0. The molecule has 4 heteroatoms. The Morgan fingerprint density at radius 2 is 2.00 bits per heavy atom. The number of benzene rings is 1. The third-order valence-electron chi connectivity index (χ3n) is 1.56. The van der Waals surface area contributed by atoms with Gasteiger partial charge in [-0.25, -0.2) is 4.39 Å². The summed E-state index contributed by atoms with van der Waals surface area (Å²) in [6.45, 7) is 1.62. The van der Waals surface area contributed by atoms with E-state index in [1.54, 1.807) is 6.92 Å². The molecule has 3 N–H and O–H groups in total. The second kappa shape index (κ2) is 3.06. The first-order chi connectivity index (χ1) is 5.52. The second-order valence-corrected chi connectivity index (χ2v) is 2.62. The molecule has 0 aliphatic carbocycles. The second-order valence-electron chi connectivity index (χ2n) is 2.62. The number of aromatic hydroxyl groups is 1. The van der Waals surface area contributed by atoms with Gasteiger partial charge in [-0.3, -0.25) is 0 Å². The maximum atomic E-state index is 12.6. The first kappa shape index (κ1) is 8.93. The summed E-state index contributed by atoms with van der Waals surface area (Å²) in [7, 11) is 0. The third-order valence-corrected chi connectivity index (χ3v) is 1.56. The monoisotopic (exact) mass is 173 g/mol. The highest BCUT2D eigenvalue weighted by Gasteiger charge is 2.11. The molecule has 0 bridgehead atoms. The highest BCUT2D eigenvalue weighted by atomic mass is 19.2. The number of hydrogen-bond donors (Lipinski definition) is 2. The highest BCUT2D eigenvalue weighted by molar-refractivity contribution is 5.31. The van der Waals surface area contributed by atoms with Crippen LogP contribution in [0.1, 0.15) is 18.5 Å². The Labute approximate surface area is 68.6 Å². The average molecular weight is 173 g/mol. The SMILES string of the molecule is CC(N)c1cc(O)c(F)c(F)c1. The van der Waals surface area contributed by atoms with Crippen LogP contribution in [0.25, 0.3) is 0 Å². The van der Waals surface area contributed by atoms with Crippen LogP contribution in [-0.4, -0.2) is 5.11 Å². The molecule has 0 spiro atoms. The normalized spacial score (nSPS) is 13.0. The number of phenols is 1. The molecule has 1 aromatic rings. The van der Waals surface area contributed by atoms with Gasteiger partial charge in [-0.15, -0.1) is 0 Å². The van der Waals surface area contributed by atoms with E-state index in [1.807, 2.05) is 0 Å². The van der Waals surface area contributed by atoms with E-state index < -0.39 is 23.4 Å². The summed E-state index contributed by atoms with van der Waals surface area (Å²) in [6, 6.07) is 1.66. The van der Waals surface area contributed by atoms with Crippen molar-refractivity contribution in [2.24, 2.45) is 5.73 Å². The fourth-order valence-electron chi connectivity index (χ4n) is 0.858. The van der Waals surface area contributed by atoms with Gasteiger partial charge in [0.2, 0.25) is 0 Å². The quantitative estimate of drug-likeness (QED) is 0.678. The van der Waals surface area contributed by atoms with Gasteiger partial charge in [-0.05, 0) is 24.6 Å². The smallest absolute Gasteiger partial charge is 0.200 e. The topological polar surface area (TPSA) is 46.2 Å². The minimum atomic E-state index is -1.24. The van der Waals surface area contributed by atoms with Gasteiger partial charge in [0, 0.05) is 6.04 Å². The van der Waals surface area contributed by atoms with Crippen LogP contribution in [0.5, 0.6) is 5.75 Å². The Kier molecular flexibility index (Phi) is 2.28. The van der Waals surface area contributed by atoms with Gasteiger partial charge in [0.25, 0.3) is 0 Å². The zero-order valence-corrected chi connectivity index (χ0v) is 6.51. The molecular weight excluding hydrogens is 164 g/mol. The van der Waals surface area contributed by atoms with Crippen LogP contribution in [-0.2, 0) is 0 Å². The zero-order valence-electron chi connectivity index (χ0n) is 6.51. The maximum Gasteiger partial charge on any atom is 0.200 e. The van der Waals surface area contributed by atoms with E-state index in [0.29, 0.717) is 5.56 Å². The van der Waals surface area contributed by atoms with Gasteiger partial charge >= 0.3 is 0 Å². The molecule has 0 fully saturated rings. The van der Waals surface area contributed by atoms with Crippen LogP contribution in [0.15, 0.2) is 12.1 Å². The van der Waals surface area contributed by atoms with Crippen LogP contribution in [0, 0.1) is 11.6 Å². The van der Waals surface area contributed by atoms with Crippen LogP contribution < -0.4 is 5.73 Å². The molecule has 1 rings (SSSR count). The summed E-state index contributed by atoms with van der Waals surface area (Å²) in [5.74, 6) is -3.02. The summed E-state index contributed by atoms with van der Waals surface area (Å²) in [4.78, 5) is 0. The van der Waals surface area contributed by atoms with Crippen molar-refractivity contribution in [2.45, 2.75) is 13.0 Å². The van der Waals surface area contributed by atoms with Crippen molar-refractivity contribution in [2.75, 3.05) is 0 Å². The molecule has 1 aromatic carbocycles. The van der Waals surface area contributed by atoms with E-state index in [0.717, 1.165) is 12.1 Å². The van der Waals surface area contributed by atoms with Crippen LogP contribution >= 0.6 is 0 Å². The molecule has 0 heterocycles. The summed E-state index contributed by atoms with van der Waals surface area (Å²) >= 11 is 0. The van der Waals surface area contributed by atoms with E-state index in [2.05, 4.69) is 0 Å². The van der Waals surface area contributed by atoms with E-state index in [9.17, 15) is 8.78 Å². The Morgan fingerprint density at radius 3 is 2.42 bits per heavy atom. The van der Waals surface area contributed by atoms with E-state index in [-0.39, 0.29) is 0 Å². The lowest BCUT2D eigenvalue weighted by atomic mass is 10.1. The van der Waals surface area contributed by atoms with Crippen LogP contribution in [0.4, 0.5) is 8.78 Å². The molecule has 0 saturated carbocycles. The molecule has 0 aliphatic rings. The van der Waals surface area contributed by atoms with Crippen molar-refractivity contribution in [1.82, 2.24) is 0 Å². The van der Waals surface area contributed by atoms with Crippen molar-refractivity contribution in [1.29, 1.82) is 0 Å². The molecule has 12 heavy (non-hydrogen) atoms. The van der Waals surface area contributed by atoms with Crippen LogP contribution in [0.2, 0.25) is 0 Å². The Morgan fingerprint density at radius 1 is 1.42 bits per heavy atom. The molecule has 0 aliphatic heterocycles. The number of halogens is 2. The fourth-order valence-corrected chi connectivity index (χ4v) is 0.858. The number of phenolic OH excluding ortho intramolecular Hbond substituents is 1. The molecular formula is C8H9F2NO. The van der Waals surface area contributed by atoms with Crippen molar-refractivity contribution < 1.29 is 13.9 Å². The fraction of sp³-hybridized carbons (Fsp3) is 0.250. The lowest BCUT2D eigenvalue weighted by Crippen LogP contribution is -2.05. The minimum absolute atomic E-state index is 0.367. The lowest BCUT2D eigenvalue weighted by Gasteiger charge is -2.06. The van der Waals surface area contributed by atoms with Crippen LogP contribution in [0.3, 0.4) is 0 Å². The predicted octanol–water partition coefficient (Wildman–Crippen LogP) is 1.69. The minimum Gasteiger partial charge on any atom is -0.505 e. The zero-order chi connectivity index (χ0) is 9.30. The predicted molar refractivity (Wildman–Crippen MR) is 40.6 cm³/mol. The van der Waals surface area contributed by atoms with Crippen molar-refractivity contribution in [3.05, 3.63) is 29.3 Å². The Balaban J connectivity index is 3.21. The Bertz CT molecular complexity index is 276. The van der Waals surface area contributed by atoms with Crippen molar-refractivity contribution in [3.63, 3.8) is 0 Å². The first-order valence-corrected chi connectivity index (χ1v) is 3.46. The summed E-state index contributed by atoms with van der Waals surface area (Å²) in [5, 5.41) is 8.86. The molecule has 0 saturated heterocycles. The molecule has 0 radical (unpaired) electrons. The molecule has 1 atom stereocenters. The number of rotatable bonds is 1. The van der Waals surface area contributed by atoms with Crippen molar-refractivity contribution in [3.8, 4) is 5.75 Å². The molecule has 0 amide bonds. The number of nitrogens with two attached hydrogens (primary N) is 1. The molecule has 2 nitrogen and oxygen atoms in total. The van der Waals surface area contributed by atoms with Gasteiger partial charge < -0.3 is 10.8 Å². The lowest BCUT2D eigenvalue weighted by molar-refractivity contribution is 0.405. The third kappa shape index (κ3) is 1.53. The summed E-state index contributed by atoms with van der Waals surface area (Å²) in [5.41, 5.74) is 5.77. The summed E-state index contributed by atoms with van der Waals surface area (Å²) < 4.78 is 25.1. The maximum absolute atomic E-state index is 12.6.